The van der Waals surface area contributed by atoms with Crippen LogP contribution in [0.2, 0.25) is 0 Å². The number of benzene rings is 1. The van der Waals surface area contributed by atoms with E-state index in [9.17, 15) is 8.78 Å². The van der Waals surface area contributed by atoms with Crippen LogP contribution in [0.3, 0.4) is 0 Å². The van der Waals surface area contributed by atoms with E-state index in [4.69, 9.17) is 5.73 Å². The molecule has 1 aromatic rings. The van der Waals surface area contributed by atoms with Crippen molar-refractivity contribution < 1.29 is 8.78 Å². The summed E-state index contributed by atoms with van der Waals surface area (Å²) in [7, 11) is 0. The third-order valence-electron chi connectivity index (χ3n) is 2.85. The van der Waals surface area contributed by atoms with Crippen LogP contribution in [0, 0.1) is 0 Å². The molecular formula is C15H19F2N3. The van der Waals surface area contributed by atoms with Gasteiger partial charge in [0.05, 0.1) is 0 Å². The molecule has 5 heteroatoms. The van der Waals surface area contributed by atoms with Gasteiger partial charge >= 0.3 is 0 Å². The molecule has 0 aliphatic heterocycles. The molecule has 0 bridgehead atoms. The monoisotopic (exact) mass is 279 g/mol. The van der Waals surface area contributed by atoms with Crippen LogP contribution in [0.15, 0.2) is 53.3 Å². The molecule has 0 fully saturated rings. The summed E-state index contributed by atoms with van der Waals surface area (Å²) in [5.74, 6) is 0. The lowest BCUT2D eigenvalue weighted by atomic mass is 10.1. The predicted molar refractivity (Wildman–Crippen MR) is 80.1 cm³/mol. The van der Waals surface area contributed by atoms with E-state index in [0.29, 0.717) is 12.2 Å². The molecule has 0 atom stereocenters. The number of nitrogens with zero attached hydrogens (tertiary/aromatic N) is 1. The van der Waals surface area contributed by atoms with E-state index in [-0.39, 0.29) is 5.56 Å². The van der Waals surface area contributed by atoms with E-state index < -0.39 is 6.43 Å². The number of anilines is 1. The van der Waals surface area contributed by atoms with Crippen molar-refractivity contribution in [3.8, 4) is 0 Å². The Morgan fingerprint density at radius 2 is 2.15 bits per heavy atom. The normalized spacial score (nSPS) is 13.2. The Morgan fingerprint density at radius 3 is 2.70 bits per heavy atom. The van der Waals surface area contributed by atoms with Gasteiger partial charge in [-0.3, -0.25) is 4.99 Å². The Kier molecular flexibility index (Phi) is 6.06. The largest absolute Gasteiger partial charge is 0.359 e. The van der Waals surface area contributed by atoms with Gasteiger partial charge in [0.15, 0.2) is 0 Å². The predicted octanol–water partition coefficient (Wildman–Crippen LogP) is 3.87. The first kappa shape index (κ1) is 16.0. The smallest absolute Gasteiger partial charge is 0.263 e. The summed E-state index contributed by atoms with van der Waals surface area (Å²) in [4.78, 5) is 4.09. The molecule has 0 aliphatic rings. The number of alkyl halides is 2. The number of halogens is 2. The SMILES string of the molecule is C=C/N=C(C)\C(CN)=C(/C)Nc1cccc(C(F)F)c1. The number of nitrogens with one attached hydrogen (secondary N) is 1. The molecule has 20 heavy (non-hydrogen) atoms. The standard InChI is InChI=1S/C15H19F2N3/c1-4-19-10(2)14(9-18)11(3)20-13-7-5-6-12(8-13)15(16)17/h4-8,15,20H,1,9,18H2,2-3H3/b14-11+,19-10-. The van der Waals surface area contributed by atoms with Crippen molar-refractivity contribution in [1.29, 1.82) is 0 Å². The molecule has 0 spiro atoms. The lowest BCUT2D eigenvalue weighted by Crippen LogP contribution is -2.15. The van der Waals surface area contributed by atoms with E-state index in [1.54, 1.807) is 12.1 Å². The summed E-state index contributed by atoms with van der Waals surface area (Å²) in [5, 5.41) is 3.08. The van der Waals surface area contributed by atoms with Gasteiger partial charge in [0.2, 0.25) is 0 Å². The van der Waals surface area contributed by atoms with Crippen LogP contribution in [0.5, 0.6) is 0 Å². The van der Waals surface area contributed by atoms with Gasteiger partial charge in [-0.25, -0.2) is 8.78 Å². The van der Waals surface area contributed by atoms with Gasteiger partial charge in [-0.1, -0.05) is 18.7 Å². The summed E-state index contributed by atoms with van der Waals surface area (Å²) in [5.41, 5.74) is 8.63. The van der Waals surface area contributed by atoms with E-state index in [1.807, 2.05) is 13.8 Å². The second kappa shape index (κ2) is 7.55. The number of allylic oxidation sites excluding steroid dienone is 1. The van der Waals surface area contributed by atoms with Crippen molar-refractivity contribution in [2.45, 2.75) is 20.3 Å². The van der Waals surface area contributed by atoms with Crippen molar-refractivity contribution in [2.75, 3.05) is 11.9 Å². The molecule has 0 heterocycles. The van der Waals surface area contributed by atoms with Crippen LogP contribution in [-0.2, 0) is 0 Å². The number of rotatable bonds is 6. The van der Waals surface area contributed by atoms with Crippen LogP contribution in [-0.4, -0.2) is 12.3 Å². The highest BCUT2D eigenvalue weighted by Crippen LogP contribution is 2.22. The minimum Gasteiger partial charge on any atom is -0.359 e. The van der Waals surface area contributed by atoms with Gasteiger partial charge in [-0.2, -0.15) is 0 Å². The van der Waals surface area contributed by atoms with Crippen LogP contribution >= 0.6 is 0 Å². The third-order valence-corrected chi connectivity index (χ3v) is 2.85. The second-order valence-corrected chi connectivity index (χ2v) is 4.26. The molecule has 3 nitrogen and oxygen atoms in total. The Morgan fingerprint density at radius 1 is 1.45 bits per heavy atom. The summed E-state index contributed by atoms with van der Waals surface area (Å²) < 4.78 is 25.3. The Bertz CT molecular complexity index is 534. The van der Waals surface area contributed by atoms with Gasteiger partial charge in [0.25, 0.3) is 6.43 Å². The zero-order valence-electron chi connectivity index (χ0n) is 11.7. The zero-order chi connectivity index (χ0) is 15.1. The number of nitrogens with two attached hydrogens (primary N) is 1. The molecule has 0 aliphatic carbocycles. The van der Waals surface area contributed by atoms with Gasteiger partial charge < -0.3 is 11.1 Å². The number of hydrogen-bond donors (Lipinski definition) is 2. The Hall–Kier alpha value is -2.01. The molecule has 0 saturated carbocycles. The maximum Gasteiger partial charge on any atom is 0.263 e. The minimum absolute atomic E-state index is 0.0198. The van der Waals surface area contributed by atoms with Gasteiger partial charge in [0.1, 0.15) is 0 Å². The maximum absolute atomic E-state index is 12.6. The summed E-state index contributed by atoms with van der Waals surface area (Å²) in [6.45, 7) is 7.50. The van der Waals surface area contributed by atoms with Gasteiger partial charge in [0, 0.05) is 41.0 Å². The van der Waals surface area contributed by atoms with Crippen LogP contribution < -0.4 is 11.1 Å². The average molecular weight is 279 g/mol. The van der Waals surface area contributed by atoms with Crippen LogP contribution in [0.1, 0.15) is 25.8 Å². The maximum atomic E-state index is 12.6. The summed E-state index contributed by atoms with van der Waals surface area (Å²) >= 11 is 0. The molecule has 0 unspecified atom stereocenters. The molecule has 0 saturated heterocycles. The first-order valence-corrected chi connectivity index (χ1v) is 6.20. The van der Waals surface area contributed by atoms with Crippen molar-refractivity contribution in [3.63, 3.8) is 0 Å². The molecule has 0 radical (unpaired) electrons. The van der Waals surface area contributed by atoms with Crippen molar-refractivity contribution in [1.82, 2.24) is 0 Å². The number of aliphatic imine (C=N–C) groups is 1. The Balaban J connectivity index is 3.03. The Labute approximate surface area is 117 Å². The highest BCUT2D eigenvalue weighted by molar-refractivity contribution is 6.00. The van der Waals surface area contributed by atoms with Crippen LogP contribution in [0.4, 0.5) is 14.5 Å². The topological polar surface area (TPSA) is 50.4 Å². The quantitative estimate of drug-likeness (QED) is 0.776. The van der Waals surface area contributed by atoms with E-state index >= 15 is 0 Å². The van der Waals surface area contributed by atoms with Crippen molar-refractivity contribution in [2.24, 2.45) is 10.7 Å². The molecule has 1 aromatic carbocycles. The van der Waals surface area contributed by atoms with E-state index in [2.05, 4.69) is 16.9 Å². The first-order valence-electron chi connectivity index (χ1n) is 6.20. The molecule has 3 N–H and O–H groups in total. The third kappa shape index (κ3) is 4.28. The molecule has 0 aromatic heterocycles. The summed E-state index contributed by atoms with van der Waals surface area (Å²) in [6, 6.07) is 6.12. The van der Waals surface area contributed by atoms with Crippen molar-refractivity contribution in [3.05, 3.63) is 53.9 Å². The zero-order valence-corrected chi connectivity index (χ0v) is 11.7. The second-order valence-electron chi connectivity index (χ2n) is 4.26. The minimum atomic E-state index is -2.49. The van der Waals surface area contributed by atoms with E-state index in [1.165, 1.54) is 18.3 Å². The first-order chi connectivity index (χ1) is 9.49. The summed E-state index contributed by atoms with van der Waals surface area (Å²) in [6.07, 6.45) is -1.05. The molecule has 0 amide bonds. The van der Waals surface area contributed by atoms with Crippen molar-refractivity contribution >= 4 is 11.4 Å². The van der Waals surface area contributed by atoms with Gasteiger partial charge in [-0.05, 0) is 26.0 Å². The average Bonchev–Trinajstić information content (AvgIpc) is 2.40. The fourth-order valence-corrected chi connectivity index (χ4v) is 1.83. The highest BCUT2D eigenvalue weighted by atomic mass is 19.3. The lowest BCUT2D eigenvalue weighted by molar-refractivity contribution is 0.151. The lowest BCUT2D eigenvalue weighted by Gasteiger charge is -2.13. The van der Waals surface area contributed by atoms with Gasteiger partial charge in [-0.15, -0.1) is 0 Å². The molecular weight excluding hydrogens is 260 g/mol. The fraction of sp³-hybridized carbons (Fsp3) is 0.267. The number of hydrogen-bond acceptors (Lipinski definition) is 3. The fourth-order valence-electron chi connectivity index (χ4n) is 1.83. The molecule has 108 valence electrons. The van der Waals surface area contributed by atoms with E-state index in [0.717, 1.165) is 17.0 Å². The molecule has 1 rings (SSSR count). The highest BCUT2D eigenvalue weighted by Gasteiger charge is 2.09. The van der Waals surface area contributed by atoms with Crippen LogP contribution in [0.25, 0.3) is 0 Å².